The van der Waals surface area contributed by atoms with E-state index in [0.29, 0.717) is 37.7 Å². The van der Waals surface area contributed by atoms with Crippen molar-refractivity contribution in [1.29, 1.82) is 0 Å². The van der Waals surface area contributed by atoms with Gasteiger partial charge in [0, 0.05) is 66.0 Å². The summed E-state index contributed by atoms with van der Waals surface area (Å²) in [5.74, 6) is 7.11. The first-order chi connectivity index (χ1) is 19.1. The summed E-state index contributed by atoms with van der Waals surface area (Å²) in [5.41, 5.74) is 11.1. The molecule has 1 aromatic carbocycles. The van der Waals surface area contributed by atoms with Gasteiger partial charge in [-0.1, -0.05) is 17.9 Å². The first kappa shape index (κ1) is 25.8. The molecule has 0 unspecified atom stereocenters. The third kappa shape index (κ3) is 6.52. The van der Waals surface area contributed by atoms with E-state index in [9.17, 15) is 4.79 Å². The van der Waals surface area contributed by atoms with Crippen LogP contribution >= 0.6 is 0 Å². The van der Waals surface area contributed by atoms with Gasteiger partial charge in [0.15, 0.2) is 0 Å². The van der Waals surface area contributed by atoms with Gasteiger partial charge in [-0.3, -0.25) is 9.78 Å². The van der Waals surface area contributed by atoms with Crippen molar-refractivity contribution in [2.24, 2.45) is 0 Å². The number of rotatable bonds is 6. The zero-order valence-electron chi connectivity index (χ0n) is 21.6. The van der Waals surface area contributed by atoms with Crippen LogP contribution < -0.4 is 16.0 Å². The van der Waals surface area contributed by atoms with E-state index in [1.807, 2.05) is 37.3 Å². The van der Waals surface area contributed by atoms with Crippen LogP contribution in [0.1, 0.15) is 32.9 Å². The number of carbonyl (C=O) groups is 1. The van der Waals surface area contributed by atoms with E-state index >= 15 is 0 Å². The number of ether oxygens (including phenoxy) is 1. The van der Waals surface area contributed by atoms with E-state index in [0.717, 1.165) is 46.9 Å². The van der Waals surface area contributed by atoms with Gasteiger partial charge in [-0.25, -0.2) is 19.9 Å². The molecule has 0 bridgehead atoms. The standard InChI is InChI=1S/C29H28N8O2/c1-20-25(26(23-17-33-28(30)34-18-23)36-29(35-20)37-13-15-39-16-14-37)7-4-5-21-8-10-22(11-9-21)27(38)32-19-24-6-2-3-12-31-24/h2-3,6,8-12,17-18H,7,13-16,19H2,1H3,(H,32,38)(H2,30,33,34). The number of hydrogen-bond donors (Lipinski definition) is 2. The van der Waals surface area contributed by atoms with Crippen molar-refractivity contribution in [1.82, 2.24) is 30.2 Å². The number of nitrogens with zero attached hydrogens (tertiary/aromatic N) is 6. The number of carbonyl (C=O) groups excluding carboxylic acids is 1. The van der Waals surface area contributed by atoms with E-state index in [1.54, 1.807) is 30.7 Å². The summed E-state index contributed by atoms with van der Waals surface area (Å²) >= 11 is 0. The average Bonchev–Trinajstić information content (AvgIpc) is 2.98. The summed E-state index contributed by atoms with van der Waals surface area (Å²) in [6, 6.07) is 12.8. The molecule has 1 aliphatic rings. The van der Waals surface area contributed by atoms with Gasteiger partial charge in [0.1, 0.15) is 0 Å². The van der Waals surface area contributed by atoms with Gasteiger partial charge < -0.3 is 20.7 Å². The number of morpholine rings is 1. The number of benzene rings is 1. The molecule has 1 amide bonds. The molecule has 0 radical (unpaired) electrons. The first-order valence-electron chi connectivity index (χ1n) is 12.6. The van der Waals surface area contributed by atoms with Crippen molar-refractivity contribution in [2.75, 3.05) is 36.9 Å². The second-order valence-electron chi connectivity index (χ2n) is 8.93. The number of nitrogens with one attached hydrogen (secondary N) is 1. The molecule has 0 aliphatic carbocycles. The molecule has 4 heterocycles. The normalized spacial score (nSPS) is 12.9. The molecule has 39 heavy (non-hydrogen) atoms. The summed E-state index contributed by atoms with van der Waals surface area (Å²) in [6.45, 7) is 5.07. The van der Waals surface area contributed by atoms with Crippen LogP contribution in [-0.4, -0.2) is 57.1 Å². The number of nitrogens with two attached hydrogens (primary N) is 1. The van der Waals surface area contributed by atoms with Gasteiger partial charge in [-0.05, 0) is 43.3 Å². The van der Waals surface area contributed by atoms with Crippen molar-refractivity contribution >= 4 is 17.8 Å². The number of pyridine rings is 1. The Morgan fingerprint density at radius 3 is 2.54 bits per heavy atom. The van der Waals surface area contributed by atoms with Crippen LogP contribution in [0.25, 0.3) is 11.3 Å². The van der Waals surface area contributed by atoms with Crippen LogP contribution in [0, 0.1) is 18.8 Å². The smallest absolute Gasteiger partial charge is 0.251 e. The largest absolute Gasteiger partial charge is 0.378 e. The fourth-order valence-corrected chi connectivity index (χ4v) is 4.11. The minimum Gasteiger partial charge on any atom is -0.378 e. The van der Waals surface area contributed by atoms with Crippen LogP contribution in [0.4, 0.5) is 11.9 Å². The third-order valence-electron chi connectivity index (χ3n) is 6.24. The summed E-state index contributed by atoms with van der Waals surface area (Å²) in [7, 11) is 0. The fourth-order valence-electron chi connectivity index (χ4n) is 4.11. The molecule has 4 aromatic rings. The number of hydrogen-bond acceptors (Lipinski definition) is 9. The molecule has 0 saturated carbocycles. The quantitative estimate of drug-likeness (QED) is 0.368. The Balaban J connectivity index is 1.32. The molecular weight excluding hydrogens is 492 g/mol. The van der Waals surface area contributed by atoms with Gasteiger partial charge in [-0.2, -0.15) is 0 Å². The SMILES string of the molecule is Cc1nc(N2CCOCC2)nc(-c2cnc(N)nc2)c1CC#Cc1ccc(C(=O)NCc2ccccn2)cc1. The maximum atomic E-state index is 12.5. The van der Waals surface area contributed by atoms with Crippen molar-refractivity contribution in [3.05, 3.63) is 89.1 Å². The van der Waals surface area contributed by atoms with E-state index in [4.69, 9.17) is 20.4 Å². The van der Waals surface area contributed by atoms with Crippen molar-refractivity contribution in [2.45, 2.75) is 19.9 Å². The highest BCUT2D eigenvalue weighted by atomic mass is 16.5. The Morgan fingerprint density at radius 1 is 1.05 bits per heavy atom. The third-order valence-corrected chi connectivity index (χ3v) is 6.24. The Kier molecular flexibility index (Phi) is 8.00. The minimum absolute atomic E-state index is 0.163. The first-order valence-corrected chi connectivity index (χ1v) is 12.6. The molecule has 0 atom stereocenters. The van der Waals surface area contributed by atoms with E-state index in [-0.39, 0.29) is 11.9 Å². The second kappa shape index (κ2) is 12.1. The van der Waals surface area contributed by atoms with Crippen LogP contribution in [-0.2, 0) is 17.7 Å². The Morgan fingerprint density at radius 2 is 1.82 bits per heavy atom. The monoisotopic (exact) mass is 520 g/mol. The maximum Gasteiger partial charge on any atom is 0.251 e. The topological polar surface area (TPSA) is 132 Å². The molecule has 10 nitrogen and oxygen atoms in total. The number of aromatic nitrogens is 5. The second-order valence-corrected chi connectivity index (χ2v) is 8.93. The predicted molar refractivity (Wildman–Crippen MR) is 148 cm³/mol. The molecule has 3 aromatic heterocycles. The molecule has 10 heteroatoms. The zero-order valence-corrected chi connectivity index (χ0v) is 21.6. The van der Waals surface area contributed by atoms with E-state index in [2.05, 4.69) is 37.0 Å². The number of nitrogen functional groups attached to an aromatic ring is 1. The Hall–Kier alpha value is -4.88. The Labute approximate surface area is 226 Å². The number of anilines is 2. The molecule has 5 rings (SSSR count). The predicted octanol–water partition coefficient (Wildman–Crippen LogP) is 2.58. The highest BCUT2D eigenvalue weighted by Crippen LogP contribution is 2.26. The molecular formula is C29H28N8O2. The lowest BCUT2D eigenvalue weighted by Crippen LogP contribution is -2.37. The lowest BCUT2D eigenvalue weighted by molar-refractivity contribution is 0.0950. The molecule has 0 spiro atoms. The van der Waals surface area contributed by atoms with E-state index in [1.165, 1.54) is 0 Å². The summed E-state index contributed by atoms with van der Waals surface area (Å²) in [6.07, 6.45) is 5.47. The van der Waals surface area contributed by atoms with Gasteiger partial charge in [0.05, 0.1) is 31.1 Å². The molecule has 3 N–H and O–H groups in total. The van der Waals surface area contributed by atoms with Crippen LogP contribution in [0.15, 0.2) is 61.1 Å². The maximum absolute atomic E-state index is 12.5. The molecule has 196 valence electrons. The lowest BCUT2D eigenvalue weighted by atomic mass is 10.0. The summed E-state index contributed by atoms with van der Waals surface area (Å²) in [4.78, 5) is 36.8. The summed E-state index contributed by atoms with van der Waals surface area (Å²) < 4.78 is 5.48. The lowest BCUT2D eigenvalue weighted by Gasteiger charge is -2.27. The molecule has 1 aliphatic heterocycles. The Bertz CT molecular complexity index is 1490. The minimum atomic E-state index is -0.163. The van der Waals surface area contributed by atoms with Gasteiger partial charge in [0.2, 0.25) is 11.9 Å². The van der Waals surface area contributed by atoms with Crippen LogP contribution in [0.3, 0.4) is 0 Å². The van der Waals surface area contributed by atoms with Crippen molar-refractivity contribution in [3.8, 4) is 23.1 Å². The van der Waals surface area contributed by atoms with Gasteiger partial charge in [0.25, 0.3) is 5.91 Å². The van der Waals surface area contributed by atoms with Crippen LogP contribution in [0.5, 0.6) is 0 Å². The highest BCUT2D eigenvalue weighted by molar-refractivity contribution is 5.94. The van der Waals surface area contributed by atoms with Crippen molar-refractivity contribution < 1.29 is 9.53 Å². The van der Waals surface area contributed by atoms with Crippen LogP contribution in [0.2, 0.25) is 0 Å². The van der Waals surface area contributed by atoms with E-state index < -0.39 is 0 Å². The zero-order chi connectivity index (χ0) is 27.0. The number of amides is 1. The summed E-state index contributed by atoms with van der Waals surface area (Å²) in [5, 5.41) is 2.88. The highest BCUT2D eigenvalue weighted by Gasteiger charge is 2.19. The number of aryl methyl sites for hydroxylation is 1. The molecule has 1 fully saturated rings. The average molecular weight is 521 g/mol. The fraction of sp³-hybridized carbons (Fsp3) is 0.241. The molecule has 1 saturated heterocycles. The van der Waals surface area contributed by atoms with Gasteiger partial charge in [-0.15, -0.1) is 0 Å². The van der Waals surface area contributed by atoms with Crippen molar-refractivity contribution in [3.63, 3.8) is 0 Å². The van der Waals surface area contributed by atoms with Gasteiger partial charge >= 0.3 is 0 Å².